The minimum atomic E-state index is -3.21. The van der Waals surface area contributed by atoms with Crippen molar-refractivity contribution in [1.29, 1.82) is 0 Å². The Labute approximate surface area is 159 Å². The second-order valence-electron chi connectivity index (χ2n) is 6.78. The molecule has 1 rings (SSSR count). The number of hydrogen-bond donors (Lipinski definition) is 1. The Kier molecular flexibility index (Phi) is 7.96. The van der Waals surface area contributed by atoms with E-state index in [1.54, 1.807) is 51.1 Å². The van der Waals surface area contributed by atoms with Gasteiger partial charge >= 0.3 is 12.1 Å². The fourth-order valence-corrected chi connectivity index (χ4v) is 3.85. The summed E-state index contributed by atoms with van der Waals surface area (Å²) >= 11 is 0. The lowest BCUT2D eigenvalue weighted by molar-refractivity contribution is -0.140. The molecule has 0 aliphatic rings. The van der Waals surface area contributed by atoms with Crippen LogP contribution < -0.4 is 5.32 Å². The number of nitrogens with zero attached hydrogens (tertiary/aromatic N) is 1. The largest absolute Gasteiger partial charge is 0.469 e. The van der Waals surface area contributed by atoms with Crippen molar-refractivity contribution >= 4 is 27.7 Å². The van der Waals surface area contributed by atoms with Gasteiger partial charge in [-0.2, -0.15) is 4.36 Å². The second kappa shape index (κ2) is 9.50. The first kappa shape index (κ1) is 22.6. The van der Waals surface area contributed by atoms with Crippen LogP contribution in [0.2, 0.25) is 0 Å². The zero-order valence-electron chi connectivity index (χ0n) is 16.2. The molecule has 1 unspecified atom stereocenters. The molecule has 0 fully saturated rings. The summed E-state index contributed by atoms with van der Waals surface area (Å²) in [7, 11) is -1.98. The highest BCUT2D eigenvalue weighted by Crippen LogP contribution is 2.16. The highest BCUT2D eigenvalue weighted by atomic mass is 32.2. The standard InChI is InChI=1S/C18H26N2O6S/c1-13(19-17(23)26-18(2,3)4)16(22)20-27(24,12-11-15(21)25-5)14-9-7-6-8-10-14/h6-10,13H,11-12H2,1-5H3,(H,19,23)/t13-,27?/m0/s1. The van der Waals surface area contributed by atoms with Gasteiger partial charge < -0.3 is 14.8 Å². The Hall–Kier alpha value is -2.42. The monoisotopic (exact) mass is 398 g/mol. The lowest BCUT2D eigenvalue weighted by Gasteiger charge is -2.21. The van der Waals surface area contributed by atoms with Crippen LogP contribution in [0, 0.1) is 0 Å². The van der Waals surface area contributed by atoms with Crippen molar-refractivity contribution in [3.05, 3.63) is 30.3 Å². The summed E-state index contributed by atoms with van der Waals surface area (Å²) in [5, 5.41) is 2.36. The predicted molar refractivity (Wildman–Crippen MR) is 101 cm³/mol. The Balaban J connectivity index is 3.05. The third-order valence-corrected chi connectivity index (χ3v) is 5.50. The van der Waals surface area contributed by atoms with Crippen LogP contribution in [0.15, 0.2) is 39.6 Å². The molecule has 0 bridgehead atoms. The van der Waals surface area contributed by atoms with Crippen LogP contribution in [0.3, 0.4) is 0 Å². The number of carbonyl (C=O) groups excluding carboxylic acids is 3. The van der Waals surface area contributed by atoms with Gasteiger partial charge in [0.05, 0.1) is 23.3 Å². The Morgan fingerprint density at radius 3 is 2.30 bits per heavy atom. The van der Waals surface area contributed by atoms with Crippen LogP contribution in [0.1, 0.15) is 34.1 Å². The molecule has 0 spiro atoms. The normalized spacial score (nSPS) is 14.4. The third-order valence-electron chi connectivity index (χ3n) is 3.26. The molecule has 0 heterocycles. The molecule has 0 aromatic heterocycles. The molecule has 2 atom stereocenters. The lowest BCUT2D eigenvalue weighted by atomic mass is 10.2. The molecule has 0 saturated heterocycles. The van der Waals surface area contributed by atoms with Crippen LogP contribution in [0.4, 0.5) is 4.79 Å². The Bertz CT molecular complexity index is 792. The van der Waals surface area contributed by atoms with Gasteiger partial charge in [-0.3, -0.25) is 9.59 Å². The van der Waals surface area contributed by atoms with E-state index in [1.165, 1.54) is 14.0 Å². The molecule has 0 saturated carbocycles. The van der Waals surface area contributed by atoms with Gasteiger partial charge in [0.1, 0.15) is 11.6 Å². The van der Waals surface area contributed by atoms with Crippen molar-refractivity contribution in [2.24, 2.45) is 4.36 Å². The van der Waals surface area contributed by atoms with E-state index < -0.39 is 39.3 Å². The van der Waals surface area contributed by atoms with Gasteiger partial charge in [0.2, 0.25) is 0 Å². The maximum absolute atomic E-state index is 13.3. The van der Waals surface area contributed by atoms with E-state index in [4.69, 9.17) is 4.74 Å². The summed E-state index contributed by atoms with van der Waals surface area (Å²) in [5.74, 6) is -1.50. The zero-order valence-corrected chi connectivity index (χ0v) is 17.0. The second-order valence-corrected chi connectivity index (χ2v) is 9.12. The number of benzene rings is 1. The van der Waals surface area contributed by atoms with Crippen molar-refractivity contribution in [2.75, 3.05) is 12.9 Å². The van der Waals surface area contributed by atoms with Crippen LogP contribution in [-0.4, -0.2) is 46.7 Å². The van der Waals surface area contributed by atoms with Crippen molar-refractivity contribution < 1.29 is 28.1 Å². The number of methoxy groups -OCH3 is 1. The lowest BCUT2D eigenvalue weighted by Crippen LogP contribution is -2.41. The highest BCUT2D eigenvalue weighted by Gasteiger charge is 2.23. The molecule has 0 aliphatic heterocycles. The van der Waals surface area contributed by atoms with Crippen molar-refractivity contribution in [3.8, 4) is 0 Å². The summed E-state index contributed by atoms with van der Waals surface area (Å²) in [6, 6.07) is 7.16. The third kappa shape index (κ3) is 7.78. The molecule has 2 amide bonds. The number of esters is 1. The molecular weight excluding hydrogens is 372 g/mol. The molecule has 8 nitrogen and oxygen atoms in total. The summed E-state index contributed by atoms with van der Waals surface area (Å²) in [6.07, 6.45) is -0.936. The predicted octanol–water partition coefficient (Wildman–Crippen LogP) is 2.52. The maximum atomic E-state index is 13.3. The molecule has 9 heteroatoms. The molecule has 150 valence electrons. The van der Waals surface area contributed by atoms with Crippen molar-refractivity contribution in [2.45, 2.75) is 50.7 Å². The molecule has 0 aliphatic carbocycles. The molecule has 0 radical (unpaired) electrons. The number of ether oxygens (including phenoxy) is 2. The average Bonchev–Trinajstić information content (AvgIpc) is 2.58. The smallest absolute Gasteiger partial charge is 0.408 e. The van der Waals surface area contributed by atoms with E-state index in [2.05, 4.69) is 14.4 Å². The number of rotatable bonds is 6. The van der Waals surface area contributed by atoms with Gasteiger partial charge in [-0.05, 0) is 39.8 Å². The van der Waals surface area contributed by atoms with Crippen LogP contribution in [-0.2, 0) is 28.8 Å². The average molecular weight is 398 g/mol. The van der Waals surface area contributed by atoms with E-state index in [1.807, 2.05) is 0 Å². The minimum Gasteiger partial charge on any atom is -0.469 e. The van der Waals surface area contributed by atoms with Crippen LogP contribution >= 0.6 is 0 Å². The van der Waals surface area contributed by atoms with E-state index >= 15 is 0 Å². The molecular formula is C18H26N2O6S. The van der Waals surface area contributed by atoms with E-state index in [9.17, 15) is 18.6 Å². The van der Waals surface area contributed by atoms with E-state index in [-0.39, 0.29) is 12.2 Å². The summed E-state index contributed by atoms with van der Waals surface area (Å²) in [4.78, 5) is 36.0. The number of alkyl carbamates (subject to hydrolysis) is 1. The topological polar surface area (TPSA) is 111 Å². The van der Waals surface area contributed by atoms with Gasteiger partial charge in [0.25, 0.3) is 5.91 Å². The summed E-state index contributed by atoms with van der Waals surface area (Å²) in [5.41, 5.74) is -0.720. The molecule has 27 heavy (non-hydrogen) atoms. The zero-order chi connectivity index (χ0) is 20.7. The first-order chi connectivity index (χ1) is 12.5. The van der Waals surface area contributed by atoms with Crippen molar-refractivity contribution in [1.82, 2.24) is 5.32 Å². The van der Waals surface area contributed by atoms with Crippen LogP contribution in [0.25, 0.3) is 0 Å². The molecule has 1 aromatic rings. The van der Waals surface area contributed by atoms with Gasteiger partial charge in [0.15, 0.2) is 0 Å². The quantitative estimate of drug-likeness (QED) is 0.737. The van der Waals surface area contributed by atoms with Crippen molar-refractivity contribution in [3.63, 3.8) is 0 Å². The first-order valence-corrected chi connectivity index (χ1v) is 10.1. The summed E-state index contributed by atoms with van der Waals surface area (Å²) in [6.45, 7) is 6.50. The number of amides is 2. The van der Waals surface area contributed by atoms with Crippen LogP contribution in [0.5, 0.6) is 0 Å². The Morgan fingerprint density at radius 1 is 1.19 bits per heavy atom. The molecule has 1 N–H and O–H groups in total. The summed E-state index contributed by atoms with van der Waals surface area (Å²) < 4.78 is 26.8. The number of nitrogens with one attached hydrogen (secondary N) is 1. The molecule has 1 aromatic carbocycles. The van der Waals surface area contributed by atoms with E-state index in [0.717, 1.165) is 0 Å². The van der Waals surface area contributed by atoms with Gasteiger partial charge in [0, 0.05) is 10.6 Å². The number of hydrogen-bond acceptors (Lipinski definition) is 6. The fourth-order valence-electron chi connectivity index (χ4n) is 1.94. The van der Waals surface area contributed by atoms with Gasteiger partial charge in [-0.15, -0.1) is 0 Å². The van der Waals surface area contributed by atoms with Gasteiger partial charge in [-0.1, -0.05) is 18.2 Å². The Morgan fingerprint density at radius 2 is 1.78 bits per heavy atom. The highest BCUT2D eigenvalue weighted by molar-refractivity contribution is 7.94. The van der Waals surface area contributed by atoms with E-state index in [0.29, 0.717) is 4.90 Å². The number of carbonyl (C=O) groups is 3. The fraction of sp³-hybridized carbons (Fsp3) is 0.500. The first-order valence-electron chi connectivity index (χ1n) is 8.37. The van der Waals surface area contributed by atoms with Gasteiger partial charge in [-0.25, -0.2) is 9.00 Å². The maximum Gasteiger partial charge on any atom is 0.408 e. The minimum absolute atomic E-state index is 0.158. The SMILES string of the molecule is COC(=O)CCS(=O)(=NC(=O)[C@H](C)NC(=O)OC(C)(C)C)c1ccccc1.